The number of anilines is 1. The van der Waals surface area contributed by atoms with Crippen LogP contribution in [0.1, 0.15) is 59.4 Å². The zero-order chi connectivity index (χ0) is 24.6. The SMILES string of the molecule is CCOC(=O)c1ccc(N(C(=O)Cc2cccs2)C(C(=O)NC2CCCC2)c2ccccc2)cc1. The predicted octanol–water partition coefficient (Wildman–Crippen LogP) is 5.30. The fraction of sp³-hybridized carbons (Fsp3) is 0.321. The van der Waals surface area contributed by atoms with Crippen molar-refractivity contribution >= 4 is 34.8 Å². The minimum absolute atomic E-state index is 0.120. The average molecular weight is 491 g/mol. The van der Waals surface area contributed by atoms with Crippen molar-refractivity contribution in [1.82, 2.24) is 5.32 Å². The lowest BCUT2D eigenvalue weighted by atomic mass is 10.0. The van der Waals surface area contributed by atoms with Gasteiger partial charge >= 0.3 is 5.97 Å². The molecule has 0 spiro atoms. The van der Waals surface area contributed by atoms with E-state index in [0.29, 0.717) is 11.3 Å². The van der Waals surface area contributed by atoms with E-state index in [2.05, 4.69) is 5.32 Å². The zero-order valence-corrected chi connectivity index (χ0v) is 20.6. The quantitative estimate of drug-likeness (QED) is 0.413. The number of rotatable bonds is 9. The first-order chi connectivity index (χ1) is 17.1. The molecule has 0 radical (unpaired) electrons. The molecule has 1 aromatic heterocycles. The molecule has 2 amide bonds. The molecule has 1 heterocycles. The Hall–Kier alpha value is -3.45. The smallest absolute Gasteiger partial charge is 0.338 e. The Kier molecular flexibility index (Phi) is 8.32. The van der Waals surface area contributed by atoms with Crippen molar-refractivity contribution in [2.75, 3.05) is 11.5 Å². The van der Waals surface area contributed by atoms with Gasteiger partial charge in [-0.25, -0.2) is 4.79 Å². The summed E-state index contributed by atoms with van der Waals surface area (Å²) < 4.78 is 5.09. The Labute approximate surface area is 209 Å². The second kappa shape index (κ2) is 11.8. The lowest BCUT2D eigenvalue weighted by Gasteiger charge is -2.32. The first kappa shape index (κ1) is 24.7. The molecular formula is C28H30N2O4S. The molecule has 7 heteroatoms. The molecule has 1 aliphatic carbocycles. The summed E-state index contributed by atoms with van der Waals surface area (Å²) in [4.78, 5) is 42.1. The number of carbonyl (C=O) groups excluding carboxylic acids is 3. The van der Waals surface area contributed by atoms with Crippen LogP contribution >= 0.6 is 11.3 Å². The molecule has 0 bridgehead atoms. The molecular weight excluding hydrogens is 460 g/mol. The summed E-state index contributed by atoms with van der Waals surface area (Å²) in [5.74, 6) is -0.807. The highest BCUT2D eigenvalue weighted by atomic mass is 32.1. The zero-order valence-electron chi connectivity index (χ0n) is 19.8. The van der Waals surface area contributed by atoms with E-state index < -0.39 is 12.0 Å². The molecule has 0 saturated heterocycles. The third kappa shape index (κ3) is 6.17. The van der Waals surface area contributed by atoms with E-state index in [-0.39, 0.29) is 30.9 Å². The van der Waals surface area contributed by atoms with Crippen molar-refractivity contribution in [2.45, 2.75) is 51.1 Å². The maximum atomic E-state index is 13.7. The number of ether oxygens (including phenoxy) is 1. The van der Waals surface area contributed by atoms with Gasteiger partial charge in [0.25, 0.3) is 0 Å². The number of nitrogens with zero attached hydrogens (tertiary/aromatic N) is 1. The van der Waals surface area contributed by atoms with Crippen LogP contribution in [-0.4, -0.2) is 30.4 Å². The van der Waals surface area contributed by atoms with Crippen LogP contribution in [0.5, 0.6) is 0 Å². The van der Waals surface area contributed by atoms with Crippen LogP contribution < -0.4 is 10.2 Å². The lowest BCUT2D eigenvalue weighted by molar-refractivity contribution is -0.127. The van der Waals surface area contributed by atoms with Crippen molar-refractivity contribution in [3.05, 3.63) is 88.1 Å². The number of thiophene rings is 1. The Balaban J connectivity index is 1.72. The Morgan fingerprint density at radius 3 is 2.34 bits per heavy atom. The van der Waals surface area contributed by atoms with Gasteiger partial charge in [0.1, 0.15) is 6.04 Å². The van der Waals surface area contributed by atoms with Gasteiger partial charge in [-0.3, -0.25) is 14.5 Å². The third-order valence-corrected chi connectivity index (χ3v) is 7.03. The molecule has 182 valence electrons. The number of carbonyl (C=O) groups is 3. The van der Waals surface area contributed by atoms with Gasteiger partial charge in [-0.2, -0.15) is 0 Å². The minimum Gasteiger partial charge on any atom is -0.462 e. The van der Waals surface area contributed by atoms with E-state index in [4.69, 9.17) is 4.74 Å². The standard InChI is InChI=1S/C28H30N2O4S/c1-2-34-28(33)21-14-16-23(17-15-21)30(25(31)19-24-13-8-18-35-24)26(20-9-4-3-5-10-20)27(32)29-22-11-6-7-12-22/h3-5,8-10,13-18,22,26H,2,6-7,11-12,19H2,1H3,(H,29,32). The molecule has 3 aromatic rings. The molecule has 6 nitrogen and oxygen atoms in total. The highest BCUT2D eigenvalue weighted by molar-refractivity contribution is 7.10. The summed E-state index contributed by atoms with van der Waals surface area (Å²) in [5.41, 5.74) is 1.68. The number of esters is 1. The average Bonchev–Trinajstić information content (AvgIpc) is 3.58. The van der Waals surface area contributed by atoms with Crippen molar-refractivity contribution in [3.63, 3.8) is 0 Å². The minimum atomic E-state index is -0.835. The van der Waals surface area contributed by atoms with Crippen LogP contribution in [0.25, 0.3) is 0 Å². The Bertz CT molecular complexity index is 1120. The topological polar surface area (TPSA) is 75.7 Å². The Morgan fingerprint density at radius 2 is 1.71 bits per heavy atom. The normalized spacial score (nSPS) is 14.3. The van der Waals surface area contributed by atoms with Crippen molar-refractivity contribution in [3.8, 4) is 0 Å². The molecule has 1 unspecified atom stereocenters. The summed E-state index contributed by atoms with van der Waals surface area (Å²) in [6.45, 7) is 2.04. The van der Waals surface area contributed by atoms with E-state index in [1.54, 1.807) is 36.1 Å². The fourth-order valence-electron chi connectivity index (χ4n) is 4.46. The predicted molar refractivity (Wildman–Crippen MR) is 137 cm³/mol. The van der Waals surface area contributed by atoms with Gasteiger partial charge in [0, 0.05) is 16.6 Å². The molecule has 35 heavy (non-hydrogen) atoms. The number of amides is 2. The van der Waals surface area contributed by atoms with Crippen LogP contribution in [0, 0.1) is 0 Å². The van der Waals surface area contributed by atoms with E-state index in [0.717, 1.165) is 36.1 Å². The maximum absolute atomic E-state index is 13.7. The van der Waals surface area contributed by atoms with Crippen LogP contribution in [0.4, 0.5) is 5.69 Å². The summed E-state index contributed by atoms with van der Waals surface area (Å²) in [6, 6.07) is 19.2. The first-order valence-electron chi connectivity index (χ1n) is 12.0. The largest absolute Gasteiger partial charge is 0.462 e. The Morgan fingerprint density at radius 1 is 1.00 bits per heavy atom. The van der Waals surface area contributed by atoms with Crippen LogP contribution in [0.3, 0.4) is 0 Å². The lowest BCUT2D eigenvalue weighted by Crippen LogP contribution is -2.46. The van der Waals surface area contributed by atoms with E-state index in [1.165, 1.54) is 11.3 Å². The van der Waals surface area contributed by atoms with Crippen molar-refractivity contribution in [2.24, 2.45) is 0 Å². The molecule has 1 fully saturated rings. The van der Waals surface area contributed by atoms with Gasteiger partial charge in [0.2, 0.25) is 11.8 Å². The molecule has 1 N–H and O–H groups in total. The number of hydrogen-bond acceptors (Lipinski definition) is 5. The van der Waals surface area contributed by atoms with Gasteiger partial charge in [0.05, 0.1) is 18.6 Å². The molecule has 4 rings (SSSR count). The second-order valence-electron chi connectivity index (χ2n) is 8.59. The monoisotopic (exact) mass is 490 g/mol. The van der Waals surface area contributed by atoms with Crippen LogP contribution in [0.2, 0.25) is 0 Å². The van der Waals surface area contributed by atoms with E-state index in [1.807, 2.05) is 47.8 Å². The van der Waals surface area contributed by atoms with Gasteiger partial charge in [-0.15, -0.1) is 11.3 Å². The van der Waals surface area contributed by atoms with Gasteiger partial charge in [-0.05, 0) is 61.0 Å². The van der Waals surface area contributed by atoms with E-state index >= 15 is 0 Å². The molecule has 2 aromatic carbocycles. The summed E-state index contributed by atoms with van der Waals surface area (Å²) >= 11 is 1.51. The first-order valence-corrected chi connectivity index (χ1v) is 12.9. The van der Waals surface area contributed by atoms with E-state index in [9.17, 15) is 14.4 Å². The van der Waals surface area contributed by atoms with Crippen LogP contribution in [0.15, 0.2) is 72.1 Å². The maximum Gasteiger partial charge on any atom is 0.338 e. The molecule has 1 aliphatic rings. The van der Waals surface area contributed by atoms with Crippen molar-refractivity contribution in [1.29, 1.82) is 0 Å². The number of nitrogens with one attached hydrogen (secondary N) is 1. The highest BCUT2D eigenvalue weighted by Gasteiger charge is 2.34. The summed E-state index contributed by atoms with van der Waals surface area (Å²) in [5, 5.41) is 5.12. The third-order valence-electron chi connectivity index (χ3n) is 6.15. The van der Waals surface area contributed by atoms with Gasteiger partial charge in [-0.1, -0.05) is 49.2 Å². The fourth-order valence-corrected chi connectivity index (χ4v) is 5.16. The molecule has 1 saturated carbocycles. The number of benzene rings is 2. The van der Waals surface area contributed by atoms with Gasteiger partial charge < -0.3 is 10.1 Å². The summed E-state index contributed by atoms with van der Waals surface area (Å²) in [6.07, 6.45) is 4.27. The molecule has 1 atom stereocenters. The highest BCUT2D eigenvalue weighted by Crippen LogP contribution is 2.30. The van der Waals surface area contributed by atoms with Gasteiger partial charge in [0.15, 0.2) is 0 Å². The number of hydrogen-bond donors (Lipinski definition) is 1. The van der Waals surface area contributed by atoms with Crippen molar-refractivity contribution < 1.29 is 19.1 Å². The van der Waals surface area contributed by atoms with Crippen LogP contribution in [-0.2, 0) is 20.7 Å². The summed E-state index contributed by atoms with van der Waals surface area (Å²) in [7, 11) is 0. The second-order valence-corrected chi connectivity index (χ2v) is 9.62. The molecule has 0 aliphatic heterocycles.